The van der Waals surface area contributed by atoms with Crippen molar-refractivity contribution in [3.8, 4) is 17.2 Å². The van der Waals surface area contributed by atoms with Crippen molar-refractivity contribution < 1.29 is 23.8 Å². The number of likely N-dealkylation sites (N-methyl/N-ethyl adjacent to an activating group) is 1. The largest absolute Gasteiger partial charge is 0.493 e. The molecule has 154 valence electrons. The smallest absolute Gasteiger partial charge is 0.246 e. The average molecular weight is 391 g/mol. The molecule has 1 N–H and O–H groups in total. The number of amides is 2. The van der Waals surface area contributed by atoms with E-state index in [0.29, 0.717) is 43.4 Å². The van der Waals surface area contributed by atoms with Crippen molar-refractivity contribution in [2.24, 2.45) is 0 Å². The van der Waals surface area contributed by atoms with Crippen LogP contribution in [0.2, 0.25) is 0 Å². The fourth-order valence-electron chi connectivity index (χ4n) is 3.10. The Morgan fingerprint density at radius 2 is 1.71 bits per heavy atom. The van der Waals surface area contributed by atoms with Crippen molar-refractivity contribution in [3.63, 3.8) is 0 Å². The summed E-state index contributed by atoms with van der Waals surface area (Å²) in [5, 5.41) is 2.63. The lowest BCUT2D eigenvalue weighted by molar-refractivity contribution is -0.125. The van der Waals surface area contributed by atoms with Gasteiger partial charge in [0.05, 0.1) is 27.9 Å². The van der Waals surface area contributed by atoms with Gasteiger partial charge in [-0.25, -0.2) is 0 Å². The van der Waals surface area contributed by atoms with Gasteiger partial charge in [0.25, 0.3) is 0 Å². The van der Waals surface area contributed by atoms with Gasteiger partial charge in [-0.05, 0) is 30.2 Å². The molecule has 28 heavy (non-hydrogen) atoms. The van der Waals surface area contributed by atoms with E-state index in [1.807, 2.05) is 0 Å². The molecule has 2 rings (SSSR count). The number of rotatable bonds is 7. The van der Waals surface area contributed by atoms with Crippen LogP contribution < -0.4 is 19.5 Å². The molecule has 0 unspecified atom stereocenters. The second-order valence-electron chi connectivity index (χ2n) is 6.42. The molecule has 1 saturated heterocycles. The zero-order valence-electron chi connectivity index (χ0n) is 17.0. The predicted octanol–water partition coefficient (Wildman–Crippen LogP) is 1.01. The molecule has 2 amide bonds. The summed E-state index contributed by atoms with van der Waals surface area (Å²) in [4.78, 5) is 28.0. The summed E-state index contributed by atoms with van der Waals surface area (Å²) < 4.78 is 16.0. The third kappa shape index (κ3) is 5.63. The fourth-order valence-corrected chi connectivity index (χ4v) is 3.10. The molecule has 1 aromatic rings. The summed E-state index contributed by atoms with van der Waals surface area (Å²) in [5.41, 5.74) is 0.777. The molecule has 8 heteroatoms. The Bertz CT molecular complexity index is 695. The van der Waals surface area contributed by atoms with Gasteiger partial charge < -0.3 is 24.4 Å². The molecule has 0 atom stereocenters. The van der Waals surface area contributed by atoms with Gasteiger partial charge in [0.1, 0.15) is 0 Å². The predicted molar refractivity (Wildman–Crippen MR) is 107 cm³/mol. The maximum Gasteiger partial charge on any atom is 0.246 e. The summed E-state index contributed by atoms with van der Waals surface area (Å²) >= 11 is 0. The molecular weight excluding hydrogens is 362 g/mol. The van der Waals surface area contributed by atoms with Gasteiger partial charge in [-0.2, -0.15) is 0 Å². The maximum absolute atomic E-state index is 12.6. The van der Waals surface area contributed by atoms with Crippen LogP contribution in [0.1, 0.15) is 12.0 Å². The number of benzene rings is 1. The van der Waals surface area contributed by atoms with Crippen molar-refractivity contribution in [2.75, 3.05) is 61.1 Å². The van der Waals surface area contributed by atoms with E-state index in [2.05, 4.69) is 10.2 Å². The molecule has 0 aromatic heterocycles. The number of carbonyl (C=O) groups is 2. The van der Waals surface area contributed by atoms with Gasteiger partial charge in [0.15, 0.2) is 11.5 Å². The molecular formula is C20H29N3O5. The number of nitrogens with zero attached hydrogens (tertiary/aromatic N) is 2. The number of nitrogens with one attached hydrogen (secondary N) is 1. The molecule has 0 aliphatic carbocycles. The first-order valence-electron chi connectivity index (χ1n) is 9.22. The van der Waals surface area contributed by atoms with Crippen LogP contribution in [0.4, 0.5) is 0 Å². The van der Waals surface area contributed by atoms with E-state index >= 15 is 0 Å². The van der Waals surface area contributed by atoms with E-state index in [1.54, 1.807) is 57.6 Å². The Morgan fingerprint density at radius 1 is 1.04 bits per heavy atom. The summed E-state index contributed by atoms with van der Waals surface area (Å²) in [5.74, 6) is 1.51. The normalized spacial score (nSPS) is 15.2. The van der Waals surface area contributed by atoms with E-state index in [0.717, 1.165) is 18.5 Å². The molecule has 1 fully saturated rings. The van der Waals surface area contributed by atoms with E-state index < -0.39 is 0 Å². The monoisotopic (exact) mass is 391 g/mol. The third-order valence-electron chi connectivity index (χ3n) is 4.65. The summed E-state index contributed by atoms with van der Waals surface area (Å²) in [6.45, 7) is 3.10. The first-order chi connectivity index (χ1) is 13.5. The molecule has 0 saturated carbocycles. The van der Waals surface area contributed by atoms with Gasteiger partial charge in [-0.15, -0.1) is 0 Å². The maximum atomic E-state index is 12.6. The lowest BCUT2D eigenvalue weighted by atomic mass is 10.1. The highest BCUT2D eigenvalue weighted by atomic mass is 16.5. The Kier molecular flexibility index (Phi) is 8.13. The van der Waals surface area contributed by atoms with E-state index in [1.165, 1.54) is 0 Å². The van der Waals surface area contributed by atoms with Crippen LogP contribution in [0, 0.1) is 0 Å². The summed E-state index contributed by atoms with van der Waals surface area (Å²) in [7, 11) is 6.28. The minimum absolute atomic E-state index is 0.0120. The summed E-state index contributed by atoms with van der Waals surface area (Å²) in [6, 6.07) is 3.58. The van der Waals surface area contributed by atoms with Crippen LogP contribution >= 0.6 is 0 Å². The van der Waals surface area contributed by atoms with Crippen molar-refractivity contribution >= 4 is 17.9 Å². The van der Waals surface area contributed by atoms with E-state index in [4.69, 9.17) is 14.2 Å². The van der Waals surface area contributed by atoms with Crippen LogP contribution in [0.3, 0.4) is 0 Å². The minimum atomic E-state index is -0.0597. The lowest BCUT2D eigenvalue weighted by Gasteiger charge is -2.20. The van der Waals surface area contributed by atoms with Crippen molar-refractivity contribution in [2.45, 2.75) is 6.42 Å². The van der Waals surface area contributed by atoms with Gasteiger partial charge in [0, 0.05) is 39.3 Å². The minimum Gasteiger partial charge on any atom is -0.493 e. The standard InChI is InChI=1S/C20H29N3O5/c1-21-18(24)14-22-8-5-9-23(11-10-22)19(25)7-6-15-12-16(26-2)20(28-4)17(13-15)27-3/h6-7,12-13H,5,8-11,14H2,1-4H3,(H,21,24)/b7-6+. The van der Waals surface area contributed by atoms with E-state index in [-0.39, 0.29) is 11.8 Å². The quantitative estimate of drug-likeness (QED) is 0.699. The second kappa shape index (κ2) is 10.6. The number of hydrogen-bond acceptors (Lipinski definition) is 6. The Morgan fingerprint density at radius 3 is 2.29 bits per heavy atom. The molecule has 0 bridgehead atoms. The molecule has 1 aliphatic rings. The zero-order chi connectivity index (χ0) is 20.5. The molecule has 0 radical (unpaired) electrons. The Labute approximate surface area is 166 Å². The van der Waals surface area contributed by atoms with E-state index in [9.17, 15) is 9.59 Å². The molecule has 8 nitrogen and oxygen atoms in total. The first kappa shape index (κ1) is 21.6. The fraction of sp³-hybridized carbons (Fsp3) is 0.500. The van der Waals surface area contributed by atoms with Crippen LogP contribution in [-0.2, 0) is 9.59 Å². The number of carbonyl (C=O) groups excluding carboxylic acids is 2. The average Bonchev–Trinajstić information content (AvgIpc) is 2.96. The molecule has 1 aliphatic heterocycles. The van der Waals surface area contributed by atoms with Crippen molar-refractivity contribution in [3.05, 3.63) is 23.8 Å². The van der Waals surface area contributed by atoms with Crippen LogP contribution in [0.25, 0.3) is 6.08 Å². The Hall–Kier alpha value is -2.74. The number of ether oxygens (including phenoxy) is 3. The second-order valence-corrected chi connectivity index (χ2v) is 6.42. The van der Waals surface area contributed by atoms with Crippen molar-refractivity contribution in [1.82, 2.24) is 15.1 Å². The summed E-state index contributed by atoms with van der Waals surface area (Å²) in [6.07, 6.45) is 4.12. The molecule has 0 spiro atoms. The topological polar surface area (TPSA) is 80.3 Å². The number of methoxy groups -OCH3 is 3. The van der Waals surface area contributed by atoms with Crippen LogP contribution in [0.15, 0.2) is 18.2 Å². The highest BCUT2D eigenvalue weighted by molar-refractivity contribution is 5.92. The number of hydrogen-bond donors (Lipinski definition) is 1. The first-order valence-corrected chi connectivity index (χ1v) is 9.22. The third-order valence-corrected chi connectivity index (χ3v) is 4.65. The van der Waals surface area contributed by atoms with Gasteiger partial charge in [-0.1, -0.05) is 0 Å². The van der Waals surface area contributed by atoms with Gasteiger partial charge in [0.2, 0.25) is 17.6 Å². The van der Waals surface area contributed by atoms with Gasteiger partial charge in [-0.3, -0.25) is 14.5 Å². The lowest BCUT2D eigenvalue weighted by Crippen LogP contribution is -2.38. The van der Waals surface area contributed by atoms with Gasteiger partial charge >= 0.3 is 0 Å². The molecule has 1 aromatic carbocycles. The highest BCUT2D eigenvalue weighted by Gasteiger charge is 2.19. The molecule has 1 heterocycles. The zero-order valence-corrected chi connectivity index (χ0v) is 17.0. The highest BCUT2D eigenvalue weighted by Crippen LogP contribution is 2.38. The van der Waals surface area contributed by atoms with Crippen LogP contribution in [-0.4, -0.2) is 82.7 Å². The Balaban J connectivity index is 2.04. The van der Waals surface area contributed by atoms with Crippen LogP contribution in [0.5, 0.6) is 17.2 Å². The SMILES string of the molecule is CNC(=O)CN1CCCN(C(=O)/C=C/c2cc(OC)c(OC)c(OC)c2)CC1. The van der Waals surface area contributed by atoms with Crippen molar-refractivity contribution in [1.29, 1.82) is 0 Å².